The highest BCUT2D eigenvalue weighted by molar-refractivity contribution is 7.16. The molecular formula is C14H14FNS. The molecule has 17 heavy (non-hydrogen) atoms. The van der Waals surface area contributed by atoms with E-state index in [1.165, 1.54) is 17.0 Å². The van der Waals surface area contributed by atoms with Crippen molar-refractivity contribution in [3.8, 4) is 10.4 Å². The van der Waals surface area contributed by atoms with Gasteiger partial charge in [0.05, 0.1) is 0 Å². The maximum absolute atomic E-state index is 12.8. The van der Waals surface area contributed by atoms with Gasteiger partial charge in [0.1, 0.15) is 5.82 Å². The fourth-order valence-electron chi connectivity index (χ4n) is 1.51. The zero-order valence-electron chi connectivity index (χ0n) is 9.40. The van der Waals surface area contributed by atoms with Gasteiger partial charge in [-0.2, -0.15) is 0 Å². The largest absolute Gasteiger partial charge is 0.330 e. The van der Waals surface area contributed by atoms with Crippen LogP contribution < -0.4 is 5.73 Å². The fourth-order valence-corrected chi connectivity index (χ4v) is 2.45. The summed E-state index contributed by atoms with van der Waals surface area (Å²) in [6, 6.07) is 10.7. The van der Waals surface area contributed by atoms with Crippen molar-refractivity contribution in [3.63, 3.8) is 0 Å². The Morgan fingerprint density at radius 1 is 1.12 bits per heavy atom. The minimum Gasteiger partial charge on any atom is -0.330 e. The molecule has 0 fully saturated rings. The van der Waals surface area contributed by atoms with Crippen LogP contribution in [0, 0.1) is 5.82 Å². The third-order valence-corrected chi connectivity index (χ3v) is 3.47. The molecule has 0 aliphatic heterocycles. The molecule has 0 aliphatic carbocycles. The van der Waals surface area contributed by atoms with E-state index in [2.05, 4.69) is 24.3 Å². The predicted octanol–water partition coefficient (Wildman–Crippen LogP) is 3.92. The van der Waals surface area contributed by atoms with Crippen LogP contribution in [0.15, 0.2) is 42.5 Å². The summed E-state index contributed by atoms with van der Waals surface area (Å²) in [6.07, 6.45) is 5.04. The Morgan fingerprint density at radius 3 is 2.59 bits per heavy atom. The number of rotatable bonds is 4. The van der Waals surface area contributed by atoms with E-state index in [4.69, 9.17) is 5.73 Å². The summed E-state index contributed by atoms with van der Waals surface area (Å²) in [4.78, 5) is 2.34. The van der Waals surface area contributed by atoms with Crippen LogP contribution in [0.4, 0.5) is 4.39 Å². The first-order valence-electron chi connectivity index (χ1n) is 5.52. The molecule has 0 spiro atoms. The summed E-state index contributed by atoms with van der Waals surface area (Å²) < 4.78 is 12.8. The highest BCUT2D eigenvalue weighted by Gasteiger charge is 2.01. The third-order valence-electron chi connectivity index (χ3n) is 2.37. The first-order valence-corrected chi connectivity index (χ1v) is 6.33. The van der Waals surface area contributed by atoms with Crippen LogP contribution in [0.3, 0.4) is 0 Å². The van der Waals surface area contributed by atoms with Crippen LogP contribution in [-0.2, 0) is 0 Å². The van der Waals surface area contributed by atoms with Crippen molar-refractivity contribution in [1.29, 1.82) is 0 Å². The molecule has 0 amide bonds. The molecule has 1 heterocycles. The Kier molecular flexibility index (Phi) is 4.07. The molecule has 0 saturated heterocycles. The molecule has 0 aliphatic rings. The molecule has 1 nitrogen and oxygen atoms in total. The summed E-state index contributed by atoms with van der Waals surface area (Å²) in [6.45, 7) is 0.673. The number of nitrogens with two attached hydrogens (primary N) is 1. The third kappa shape index (κ3) is 3.25. The molecule has 0 bridgehead atoms. The van der Waals surface area contributed by atoms with Crippen molar-refractivity contribution in [3.05, 3.63) is 53.2 Å². The molecule has 88 valence electrons. The number of thiophene rings is 1. The van der Waals surface area contributed by atoms with Crippen LogP contribution in [0.1, 0.15) is 11.3 Å². The quantitative estimate of drug-likeness (QED) is 0.870. The molecule has 1 aromatic heterocycles. The number of hydrogen-bond acceptors (Lipinski definition) is 2. The fraction of sp³-hybridized carbons (Fsp3) is 0.143. The lowest BCUT2D eigenvalue weighted by Crippen LogP contribution is -1.94. The smallest absolute Gasteiger partial charge is 0.123 e. The molecule has 0 saturated carbocycles. The van der Waals surface area contributed by atoms with Crippen molar-refractivity contribution in [1.82, 2.24) is 0 Å². The van der Waals surface area contributed by atoms with Gasteiger partial charge in [0.15, 0.2) is 0 Å². The average molecular weight is 247 g/mol. The van der Waals surface area contributed by atoms with Gasteiger partial charge in [-0.25, -0.2) is 4.39 Å². The normalized spacial score (nSPS) is 11.2. The van der Waals surface area contributed by atoms with E-state index < -0.39 is 0 Å². The highest BCUT2D eigenvalue weighted by Crippen LogP contribution is 2.28. The Morgan fingerprint density at radius 2 is 1.88 bits per heavy atom. The van der Waals surface area contributed by atoms with Crippen LogP contribution in [-0.4, -0.2) is 6.54 Å². The van der Waals surface area contributed by atoms with Gasteiger partial charge in [-0.05, 0) is 48.9 Å². The summed E-state index contributed by atoms with van der Waals surface area (Å²) in [7, 11) is 0. The molecule has 1 aromatic carbocycles. The van der Waals surface area contributed by atoms with Crippen molar-refractivity contribution in [2.45, 2.75) is 6.42 Å². The highest BCUT2D eigenvalue weighted by atomic mass is 32.1. The lowest BCUT2D eigenvalue weighted by molar-refractivity contribution is 0.628. The zero-order valence-corrected chi connectivity index (χ0v) is 10.2. The maximum Gasteiger partial charge on any atom is 0.123 e. The summed E-state index contributed by atoms with van der Waals surface area (Å²) in [5.41, 5.74) is 6.47. The molecular weight excluding hydrogens is 233 g/mol. The van der Waals surface area contributed by atoms with Gasteiger partial charge in [0.25, 0.3) is 0 Å². The topological polar surface area (TPSA) is 26.0 Å². The van der Waals surface area contributed by atoms with E-state index in [9.17, 15) is 4.39 Å². The number of hydrogen-bond donors (Lipinski definition) is 1. The Bertz CT molecular complexity index is 499. The molecule has 2 aromatic rings. The van der Waals surface area contributed by atoms with Crippen LogP contribution >= 0.6 is 11.3 Å². The predicted molar refractivity (Wildman–Crippen MR) is 72.4 cm³/mol. The molecule has 2 N–H and O–H groups in total. The minimum absolute atomic E-state index is 0.201. The van der Waals surface area contributed by atoms with Crippen molar-refractivity contribution in [2.24, 2.45) is 5.73 Å². The minimum atomic E-state index is -0.201. The summed E-state index contributed by atoms with van der Waals surface area (Å²) in [5, 5.41) is 0. The SMILES string of the molecule is NCC/C=C/c1ccc(-c2ccc(F)cc2)s1. The van der Waals surface area contributed by atoms with E-state index in [1.54, 1.807) is 23.5 Å². The van der Waals surface area contributed by atoms with E-state index >= 15 is 0 Å². The van der Waals surface area contributed by atoms with Gasteiger partial charge in [0, 0.05) is 9.75 Å². The van der Waals surface area contributed by atoms with Gasteiger partial charge in [-0.15, -0.1) is 11.3 Å². The van der Waals surface area contributed by atoms with Gasteiger partial charge in [-0.3, -0.25) is 0 Å². The lowest BCUT2D eigenvalue weighted by Gasteiger charge is -1.95. The zero-order chi connectivity index (χ0) is 12.1. The second-order valence-corrected chi connectivity index (χ2v) is 4.80. The first-order chi connectivity index (χ1) is 8.29. The second kappa shape index (κ2) is 5.75. The van der Waals surface area contributed by atoms with Gasteiger partial charge >= 0.3 is 0 Å². The molecule has 2 rings (SSSR count). The monoisotopic (exact) mass is 247 g/mol. The summed E-state index contributed by atoms with van der Waals surface area (Å²) in [5.74, 6) is -0.201. The molecule has 0 unspecified atom stereocenters. The standard InChI is InChI=1S/C14H14FNS/c15-12-6-4-11(5-7-12)14-9-8-13(17-14)3-1-2-10-16/h1,3-9H,2,10,16H2/b3-1+. The van der Waals surface area contributed by atoms with E-state index in [-0.39, 0.29) is 5.82 Å². The van der Waals surface area contributed by atoms with Gasteiger partial charge < -0.3 is 5.73 Å². The van der Waals surface area contributed by atoms with E-state index in [0.29, 0.717) is 6.54 Å². The van der Waals surface area contributed by atoms with Crippen LogP contribution in [0.5, 0.6) is 0 Å². The second-order valence-electron chi connectivity index (χ2n) is 3.69. The molecule has 0 atom stereocenters. The first kappa shape index (κ1) is 12.0. The number of halogens is 1. The van der Waals surface area contributed by atoms with E-state index in [1.807, 2.05) is 0 Å². The van der Waals surface area contributed by atoms with Gasteiger partial charge in [0.2, 0.25) is 0 Å². The van der Waals surface area contributed by atoms with Crippen molar-refractivity contribution in [2.75, 3.05) is 6.54 Å². The van der Waals surface area contributed by atoms with E-state index in [0.717, 1.165) is 16.9 Å². The van der Waals surface area contributed by atoms with Crippen molar-refractivity contribution >= 4 is 17.4 Å². The van der Waals surface area contributed by atoms with Crippen molar-refractivity contribution < 1.29 is 4.39 Å². The lowest BCUT2D eigenvalue weighted by atomic mass is 10.2. The Balaban J connectivity index is 2.15. The number of benzene rings is 1. The van der Waals surface area contributed by atoms with Crippen LogP contribution in [0.25, 0.3) is 16.5 Å². The van der Waals surface area contributed by atoms with Gasteiger partial charge in [-0.1, -0.05) is 18.2 Å². The molecule has 3 heteroatoms. The Hall–Kier alpha value is -1.45. The summed E-state index contributed by atoms with van der Waals surface area (Å²) >= 11 is 1.69. The molecule has 0 radical (unpaired) electrons. The average Bonchev–Trinajstić information content (AvgIpc) is 2.79. The van der Waals surface area contributed by atoms with Crippen LogP contribution in [0.2, 0.25) is 0 Å². The Labute approximate surface area is 104 Å². The maximum atomic E-state index is 12.8.